The van der Waals surface area contributed by atoms with Crippen molar-refractivity contribution in [2.45, 2.75) is 0 Å². The van der Waals surface area contributed by atoms with Crippen LogP contribution in [0.25, 0.3) is 0 Å². The molecule has 0 unspecified atom stereocenters. The molecular weight excluding hydrogens is 282 g/mol. The summed E-state index contributed by atoms with van der Waals surface area (Å²) in [4.78, 5) is 25.0. The second-order valence-corrected chi connectivity index (χ2v) is 0.750. The molecule has 0 rings (SSSR count). The van der Waals surface area contributed by atoms with E-state index < -0.39 is 18.5 Å². The molecule has 82 valence electrons. The molecule has 0 heterocycles. The first-order chi connectivity index (χ1) is 5.20. The summed E-state index contributed by atoms with van der Waals surface area (Å²) in [5.41, 5.74) is 0. The molecule has 0 saturated carbocycles. The summed E-state index contributed by atoms with van der Waals surface area (Å²) >= 11 is 0. The van der Waals surface area contributed by atoms with Crippen LogP contribution in [0.15, 0.2) is 0 Å². The molecule has 0 fully saturated rings. The van der Waals surface area contributed by atoms with Crippen molar-refractivity contribution in [2.24, 2.45) is 0 Å². The fourth-order valence-electron chi connectivity index (χ4n) is 0. The first kappa shape index (κ1) is 29.3. The summed E-state index contributed by atoms with van der Waals surface area (Å²) in [6.45, 7) is 0. The molecule has 9 nitrogen and oxygen atoms in total. The third kappa shape index (κ3) is 1050. The second kappa shape index (κ2) is 22.7. The van der Waals surface area contributed by atoms with Gasteiger partial charge in [0.1, 0.15) is 0 Å². The standard InChI is InChI=1S/3CH2O3.2V/c3*2-1(3)4;;/h3*(H2,2,3,4);;/p-6. The number of rotatable bonds is 0. The van der Waals surface area contributed by atoms with Gasteiger partial charge in [0, 0.05) is 37.1 Å². The Morgan fingerprint density at radius 1 is 0.500 bits per heavy atom. The molecule has 2 radical (unpaired) electrons. The fraction of sp³-hybridized carbons (Fsp3) is 0. The van der Waals surface area contributed by atoms with Crippen LogP contribution >= 0.6 is 0 Å². The molecular formula is C3O9V2-6. The van der Waals surface area contributed by atoms with E-state index in [-0.39, 0.29) is 37.1 Å². The smallest absolute Gasteiger partial charge is 0 e. The van der Waals surface area contributed by atoms with E-state index in [9.17, 15) is 0 Å². The maximum atomic E-state index is 8.33. The normalized spacial score (nSPS) is 5.14. The van der Waals surface area contributed by atoms with Crippen LogP contribution in [-0.2, 0) is 37.1 Å². The van der Waals surface area contributed by atoms with Gasteiger partial charge in [0.15, 0.2) is 0 Å². The molecule has 0 N–H and O–H groups in total. The van der Waals surface area contributed by atoms with E-state index in [1.165, 1.54) is 0 Å². The summed E-state index contributed by atoms with van der Waals surface area (Å²) in [5, 5.41) is 50.0. The molecule has 0 aliphatic carbocycles. The van der Waals surface area contributed by atoms with E-state index in [0.29, 0.717) is 0 Å². The first-order valence-corrected chi connectivity index (χ1v) is 1.84. The van der Waals surface area contributed by atoms with E-state index in [1.807, 2.05) is 0 Å². The van der Waals surface area contributed by atoms with Crippen molar-refractivity contribution < 1.29 is 82.1 Å². The molecule has 0 aliphatic heterocycles. The molecule has 14 heavy (non-hydrogen) atoms. The van der Waals surface area contributed by atoms with Crippen molar-refractivity contribution in [3.8, 4) is 0 Å². The minimum absolute atomic E-state index is 0. The van der Waals surface area contributed by atoms with Crippen LogP contribution in [0.3, 0.4) is 0 Å². The number of hydrogen-bond donors (Lipinski definition) is 0. The topological polar surface area (TPSA) is 190 Å². The van der Waals surface area contributed by atoms with Crippen LogP contribution < -0.4 is 30.6 Å². The quantitative estimate of drug-likeness (QED) is 0.415. The van der Waals surface area contributed by atoms with Gasteiger partial charge in [-0.15, -0.1) is 0 Å². The maximum Gasteiger partial charge on any atom is 0 e. The van der Waals surface area contributed by atoms with Crippen LogP contribution in [0.4, 0.5) is 14.4 Å². The van der Waals surface area contributed by atoms with Gasteiger partial charge < -0.3 is 45.0 Å². The third-order valence-electron chi connectivity index (χ3n) is 0. The van der Waals surface area contributed by atoms with Gasteiger partial charge in [0.25, 0.3) is 0 Å². The van der Waals surface area contributed by atoms with Crippen LogP contribution in [0, 0.1) is 0 Å². The zero-order valence-corrected chi connectivity index (χ0v) is 8.86. The molecule has 0 saturated heterocycles. The van der Waals surface area contributed by atoms with Crippen LogP contribution in [-0.4, -0.2) is 18.5 Å². The summed E-state index contributed by atoms with van der Waals surface area (Å²) < 4.78 is 0. The average molecular weight is 282 g/mol. The Morgan fingerprint density at radius 3 is 0.500 bits per heavy atom. The monoisotopic (exact) mass is 282 g/mol. The van der Waals surface area contributed by atoms with Gasteiger partial charge >= 0.3 is 0 Å². The average Bonchev–Trinajstić information content (AvgIpc) is 1.54. The van der Waals surface area contributed by atoms with E-state index in [0.717, 1.165) is 0 Å². The zero-order valence-electron chi connectivity index (χ0n) is 6.07. The van der Waals surface area contributed by atoms with Crippen molar-refractivity contribution in [2.75, 3.05) is 0 Å². The number of carbonyl (C=O) groups is 3. The summed E-state index contributed by atoms with van der Waals surface area (Å²) in [5.74, 6) is 0. The molecule has 0 bridgehead atoms. The van der Waals surface area contributed by atoms with Gasteiger partial charge in [0.05, 0.1) is 0 Å². The Morgan fingerprint density at radius 2 is 0.500 bits per heavy atom. The molecule has 0 atom stereocenters. The molecule has 0 aromatic rings. The molecule has 0 spiro atoms. The fourth-order valence-corrected chi connectivity index (χ4v) is 0. The van der Waals surface area contributed by atoms with Gasteiger partial charge in [-0.3, -0.25) is 0 Å². The third-order valence-corrected chi connectivity index (χ3v) is 0. The Bertz CT molecular complexity index is 116. The predicted octanol–water partition coefficient (Wildman–Crippen LogP) is -7.35. The van der Waals surface area contributed by atoms with Gasteiger partial charge in [-0.1, -0.05) is 0 Å². The van der Waals surface area contributed by atoms with Crippen molar-refractivity contribution in [3.05, 3.63) is 0 Å². The van der Waals surface area contributed by atoms with Gasteiger partial charge in [-0.05, 0) is 18.5 Å². The van der Waals surface area contributed by atoms with Crippen LogP contribution in [0.5, 0.6) is 0 Å². The van der Waals surface area contributed by atoms with Gasteiger partial charge in [-0.25, -0.2) is 0 Å². The summed E-state index contributed by atoms with van der Waals surface area (Å²) in [7, 11) is 0. The Hall–Kier alpha value is -1.02. The Balaban J connectivity index is -0.0000000270. The van der Waals surface area contributed by atoms with Crippen molar-refractivity contribution in [1.29, 1.82) is 0 Å². The van der Waals surface area contributed by atoms with Crippen molar-refractivity contribution in [1.82, 2.24) is 0 Å². The van der Waals surface area contributed by atoms with Crippen molar-refractivity contribution in [3.63, 3.8) is 0 Å². The van der Waals surface area contributed by atoms with E-state index in [1.54, 1.807) is 0 Å². The molecule has 0 aromatic carbocycles. The SMILES string of the molecule is O=C([O-])[O-].O=C([O-])[O-].O=C([O-])[O-].[V].[V]. The second-order valence-electron chi connectivity index (χ2n) is 0.750. The van der Waals surface area contributed by atoms with Crippen molar-refractivity contribution >= 4 is 18.5 Å². The predicted molar refractivity (Wildman–Crippen MR) is 16.2 cm³/mol. The van der Waals surface area contributed by atoms with E-state index >= 15 is 0 Å². The largest absolute Gasteiger partial charge is 0.652 e. The number of carboxylic acid groups (broad SMARTS) is 6. The number of carbonyl (C=O) groups excluding carboxylic acids is 3. The zero-order chi connectivity index (χ0) is 10.7. The Labute approximate surface area is 101 Å². The molecule has 0 amide bonds. The molecule has 11 heteroatoms. The minimum atomic E-state index is -2.33. The van der Waals surface area contributed by atoms with Gasteiger partial charge in [0.2, 0.25) is 0 Å². The number of hydrogen-bond acceptors (Lipinski definition) is 9. The molecule has 0 aliphatic rings. The Kier molecular flexibility index (Phi) is 47.4. The van der Waals surface area contributed by atoms with Crippen LogP contribution in [0.2, 0.25) is 0 Å². The van der Waals surface area contributed by atoms with Gasteiger partial charge in [-0.2, -0.15) is 0 Å². The summed E-state index contributed by atoms with van der Waals surface area (Å²) in [6, 6.07) is 0. The maximum absolute atomic E-state index is 8.33. The first-order valence-electron chi connectivity index (χ1n) is 1.84. The van der Waals surface area contributed by atoms with E-state index in [2.05, 4.69) is 0 Å². The van der Waals surface area contributed by atoms with E-state index in [4.69, 9.17) is 45.0 Å². The van der Waals surface area contributed by atoms with Crippen LogP contribution in [0.1, 0.15) is 0 Å². The molecule has 0 aromatic heterocycles. The summed E-state index contributed by atoms with van der Waals surface area (Å²) in [6.07, 6.45) is -7.00. The minimum Gasteiger partial charge on any atom is -0.652 e.